The molecule has 0 radical (unpaired) electrons. The third kappa shape index (κ3) is 5.05. The molecule has 0 fully saturated rings. The molecule has 7 N–H and O–H groups in total. The molecule has 0 unspecified atom stereocenters. The summed E-state index contributed by atoms with van der Waals surface area (Å²) in [5, 5.41) is 58.3. The molecule has 0 heterocycles. The zero-order valence-electron chi connectivity index (χ0n) is 12.5. The number of phenolic OH excluding ortho intramolecular Hbond substituents is 1. The molecule has 0 saturated heterocycles. The third-order valence-electron chi connectivity index (χ3n) is 3.23. The Bertz CT molecular complexity index is 523. The van der Waals surface area contributed by atoms with Gasteiger partial charge in [-0.2, -0.15) is 0 Å². The molecular formula is C14H21NO8. The molecule has 0 bridgehead atoms. The molecular weight excluding hydrogens is 310 g/mol. The fourth-order valence-corrected chi connectivity index (χ4v) is 1.80. The summed E-state index contributed by atoms with van der Waals surface area (Å²) in [6, 6.07) is 4.36. The van der Waals surface area contributed by atoms with Crippen molar-refractivity contribution in [1.29, 1.82) is 0 Å². The Morgan fingerprint density at radius 3 is 2.43 bits per heavy atom. The molecule has 9 nitrogen and oxygen atoms in total. The number of nitrogens with one attached hydrogen (secondary N) is 1. The van der Waals surface area contributed by atoms with E-state index in [4.69, 9.17) is 9.84 Å². The summed E-state index contributed by atoms with van der Waals surface area (Å²) in [7, 11) is 1.37. The number of hydrogen-bond donors (Lipinski definition) is 7. The van der Waals surface area contributed by atoms with Crippen molar-refractivity contribution in [2.75, 3.05) is 13.7 Å². The minimum atomic E-state index is -2.00. The van der Waals surface area contributed by atoms with Gasteiger partial charge in [-0.1, -0.05) is 6.07 Å². The van der Waals surface area contributed by atoms with Crippen LogP contribution in [0.4, 0.5) is 0 Å². The minimum absolute atomic E-state index is 0.0299. The summed E-state index contributed by atoms with van der Waals surface area (Å²) >= 11 is 0. The number of amides is 1. The predicted octanol–water partition coefficient (Wildman–Crippen LogP) is -2.55. The normalized spacial score (nSPS) is 16.3. The molecule has 0 aliphatic rings. The van der Waals surface area contributed by atoms with Gasteiger partial charge in [0.2, 0.25) is 0 Å². The van der Waals surface area contributed by atoms with Crippen LogP contribution in [0, 0.1) is 0 Å². The van der Waals surface area contributed by atoms with E-state index in [2.05, 4.69) is 5.32 Å². The second-order valence-electron chi connectivity index (χ2n) is 4.90. The van der Waals surface area contributed by atoms with Crippen LogP contribution in [-0.4, -0.2) is 74.7 Å². The lowest BCUT2D eigenvalue weighted by Crippen LogP contribution is -2.51. The highest BCUT2D eigenvalue weighted by Gasteiger charge is 2.33. The Hall–Kier alpha value is -1.91. The topological polar surface area (TPSA) is 160 Å². The average Bonchev–Trinajstić information content (AvgIpc) is 2.57. The smallest absolute Gasteiger partial charge is 0.251 e. The zero-order chi connectivity index (χ0) is 17.6. The van der Waals surface area contributed by atoms with Gasteiger partial charge in [0.25, 0.3) is 5.91 Å². The lowest BCUT2D eigenvalue weighted by Gasteiger charge is -2.24. The van der Waals surface area contributed by atoms with Crippen molar-refractivity contribution >= 4 is 5.91 Å². The lowest BCUT2D eigenvalue weighted by atomic mass is 10.0. The van der Waals surface area contributed by atoms with Crippen LogP contribution in [0.3, 0.4) is 0 Å². The second kappa shape index (κ2) is 8.65. The van der Waals surface area contributed by atoms with Gasteiger partial charge in [0.1, 0.15) is 18.3 Å². The summed E-state index contributed by atoms with van der Waals surface area (Å²) in [6.45, 7) is -0.863. The molecule has 0 aliphatic heterocycles. The van der Waals surface area contributed by atoms with Crippen LogP contribution in [0.1, 0.15) is 5.56 Å². The first-order chi connectivity index (χ1) is 10.8. The molecule has 130 valence electrons. The second-order valence-corrected chi connectivity index (χ2v) is 4.90. The van der Waals surface area contributed by atoms with Crippen molar-refractivity contribution < 1.29 is 40.2 Å². The fraction of sp³-hybridized carbons (Fsp3) is 0.500. The van der Waals surface area contributed by atoms with Gasteiger partial charge in [-0.15, -0.1) is 0 Å². The monoisotopic (exact) mass is 331 g/mol. The van der Waals surface area contributed by atoms with Gasteiger partial charge in [0, 0.05) is 6.54 Å². The molecule has 0 saturated carbocycles. The van der Waals surface area contributed by atoms with Gasteiger partial charge in [0.05, 0.1) is 13.7 Å². The maximum Gasteiger partial charge on any atom is 0.251 e. The van der Waals surface area contributed by atoms with Crippen LogP contribution < -0.4 is 10.1 Å². The van der Waals surface area contributed by atoms with E-state index in [-0.39, 0.29) is 18.0 Å². The SMILES string of the molecule is COc1cc(CNC(=O)[C@H](O)[C@@H](O)[C@H](O)[C@H](O)CO)ccc1O. The van der Waals surface area contributed by atoms with E-state index in [1.807, 2.05) is 0 Å². The number of aliphatic hydroxyl groups excluding tert-OH is 5. The molecule has 0 spiro atoms. The van der Waals surface area contributed by atoms with Crippen LogP contribution in [0.2, 0.25) is 0 Å². The van der Waals surface area contributed by atoms with E-state index in [9.17, 15) is 30.3 Å². The Morgan fingerprint density at radius 1 is 1.22 bits per heavy atom. The number of hydrogen-bond acceptors (Lipinski definition) is 8. The van der Waals surface area contributed by atoms with Crippen molar-refractivity contribution in [2.45, 2.75) is 31.0 Å². The van der Waals surface area contributed by atoms with E-state index in [0.29, 0.717) is 5.56 Å². The van der Waals surface area contributed by atoms with Crippen molar-refractivity contribution in [3.8, 4) is 11.5 Å². The molecule has 4 atom stereocenters. The number of methoxy groups -OCH3 is 1. The Labute approximate surface area is 132 Å². The van der Waals surface area contributed by atoms with Crippen LogP contribution >= 0.6 is 0 Å². The summed E-state index contributed by atoms with van der Waals surface area (Å²) in [5.41, 5.74) is 0.561. The molecule has 0 aromatic heterocycles. The first-order valence-corrected chi connectivity index (χ1v) is 6.78. The number of rotatable bonds is 8. The third-order valence-corrected chi connectivity index (χ3v) is 3.23. The lowest BCUT2D eigenvalue weighted by molar-refractivity contribution is -0.149. The summed E-state index contributed by atoms with van der Waals surface area (Å²) < 4.78 is 4.91. The van der Waals surface area contributed by atoms with Crippen LogP contribution in [0.5, 0.6) is 11.5 Å². The van der Waals surface area contributed by atoms with E-state index in [0.717, 1.165) is 0 Å². The zero-order valence-corrected chi connectivity index (χ0v) is 12.5. The molecule has 9 heteroatoms. The Morgan fingerprint density at radius 2 is 1.87 bits per heavy atom. The number of ether oxygens (including phenoxy) is 1. The maximum absolute atomic E-state index is 11.7. The highest BCUT2D eigenvalue weighted by Crippen LogP contribution is 2.26. The van der Waals surface area contributed by atoms with E-state index >= 15 is 0 Å². The molecule has 1 aromatic carbocycles. The molecule has 23 heavy (non-hydrogen) atoms. The van der Waals surface area contributed by atoms with Crippen molar-refractivity contribution in [2.24, 2.45) is 0 Å². The molecule has 1 rings (SSSR count). The quantitative estimate of drug-likeness (QED) is 0.274. The van der Waals surface area contributed by atoms with Gasteiger partial charge >= 0.3 is 0 Å². The fourth-order valence-electron chi connectivity index (χ4n) is 1.80. The van der Waals surface area contributed by atoms with E-state index in [1.165, 1.54) is 25.3 Å². The Balaban J connectivity index is 2.62. The first kappa shape index (κ1) is 19.1. The average molecular weight is 331 g/mol. The van der Waals surface area contributed by atoms with Crippen molar-refractivity contribution in [3.63, 3.8) is 0 Å². The van der Waals surface area contributed by atoms with E-state index in [1.54, 1.807) is 0 Å². The standard InChI is InChI=1S/C14H21NO8/c1-23-10-4-7(2-3-8(10)17)5-15-14(22)13(21)12(20)11(19)9(18)6-16/h2-4,9,11-13,16-21H,5-6H2,1H3,(H,15,22)/t9-,11-,12+,13-/m1/s1. The van der Waals surface area contributed by atoms with Crippen LogP contribution in [0.25, 0.3) is 0 Å². The van der Waals surface area contributed by atoms with Crippen molar-refractivity contribution in [3.05, 3.63) is 23.8 Å². The summed E-state index contributed by atoms with van der Waals surface area (Å²) in [5.74, 6) is -0.841. The molecule has 0 aliphatic carbocycles. The van der Waals surface area contributed by atoms with Crippen molar-refractivity contribution in [1.82, 2.24) is 5.32 Å². The van der Waals surface area contributed by atoms with Gasteiger partial charge in [-0.25, -0.2) is 0 Å². The summed E-state index contributed by atoms with van der Waals surface area (Å²) in [4.78, 5) is 11.7. The number of aromatic hydroxyl groups is 1. The number of carbonyl (C=O) groups excluding carboxylic acids is 1. The minimum Gasteiger partial charge on any atom is -0.504 e. The van der Waals surface area contributed by atoms with Gasteiger partial charge in [0.15, 0.2) is 17.6 Å². The highest BCUT2D eigenvalue weighted by molar-refractivity contribution is 5.81. The summed E-state index contributed by atoms with van der Waals surface area (Å²) in [6.07, 6.45) is -7.53. The number of aliphatic hydroxyl groups is 5. The Kier molecular flexibility index (Phi) is 7.20. The predicted molar refractivity (Wildman–Crippen MR) is 77.6 cm³/mol. The highest BCUT2D eigenvalue weighted by atomic mass is 16.5. The largest absolute Gasteiger partial charge is 0.504 e. The van der Waals surface area contributed by atoms with Gasteiger partial charge in [-0.05, 0) is 17.7 Å². The van der Waals surface area contributed by atoms with Crippen LogP contribution in [0.15, 0.2) is 18.2 Å². The first-order valence-electron chi connectivity index (χ1n) is 6.78. The number of phenols is 1. The number of benzene rings is 1. The van der Waals surface area contributed by atoms with Crippen LogP contribution in [-0.2, 0) is 11.3 Å². The maximum atomic E-state index is 11.7. The number of carbonyl (C=O) groups is 1. The molecule has 1 amide bonds. The molecule has 1 aromatic rings. The van der Waals surface area contributed by atoms with Gasteiger partial charge in [-0.3, -0.25) is 4.79 Å². The van der Waals surface area contributed by atoms with E-state index < -0.39 is 36.9 Å². The van der Waals surface area contributed by atoms with Gasteiger partial charge < -0.3 is 40.7 Å².